The van der Waals surface area contributed by atoms with Crippen molar-refractivity contribution in [3.05, 3.63) is 16.5 Å². The number of nitrogens with one attached hydrogen (secondary N) is 1. The Bertz CT molecular complexity index is 469. The van der Waals surface area contributed by atoms with Crippen molar-refractivity contribution in [2.24, 2.45) is 5.73 Å². The SMILES string of the molecule is NC(CCC(=O)O)C(=O)Nc1ncnc(Cl)c1Cl. The van der Waals surface area contributed by atoms with Crippen molar-refractivity contribution in [1.82, 2.24) is 9.97 Å². The molecule has 1 heterocycles. The second-order valence-electron chi connectivity index (χ2n) is 3.36. The molecule has 9 heteroatoms. The minimum absolute atomic E-state index is 0.000995. The number of aromatic nitrogens is 2. The van der Waals surface area contributed by atoms with Gasteiger partial charge in [0.15, 0.2) is 11.0 Å². The average molecular weight is 293 g/mol. The van der Waals surface area contributed by atoms with Crippen LogP contribution in [0.5, 0.6) is 0 Å². The minimum atomic E-state index is -1.03. The number of anilines is 1. The number of aliphatic carboxylic acids is 1. The number of hydrogen-bond acceptors (Lipinski definition) is 5. The first-order valence-electron chi connectivity index (χ1n) is 4.86. The van der Waals surface area contributed by atoms with Gasteiger partial charge in [0.05, 0.1) is 6.04 Å². The van der Waals surface area contributed by atoms with Crippen LogP contribution in [0.3, 0.4) is 0 Å². The molecule has 1 unspecified atom stereocenters. The Kier molecular flexibility index (Phi) is 5.26. The van der Waals surface area contributed by atoms with Crippen LogP contribution < -0.4 is 11.1 Å². The van der Waals surface area contributed by atoms with E-state index in [1.165, 1.54) is 0 Å². The quantitative estimate of drug-likeness (QED) is 0.694. The zero-order chi connectivity index (χ0) is 13.7. The molecular formula is C9H10Cl2N4O3. The van der Waals surface area contributed by atoms with Crippen molar-refractivity contribution < 1.29 is 14.7 Å². The van der Waals surface area contributed by atoms with Crippen LogP contribution >= 0.6 is 23.2 Å². The van der Waals surface area contributed by atoms with Gasteiger partial charge in [-0.15, -0.1) is 0 Å². The van der Waals surface area contributed by atoms with Crippen molar-refractivity contribution in [2.75, 3.05) is 5.32 Å². The summed E-state index contributed by atoms with van der Waals surface area (Å²) >= 11 is 11.4. The summed E-state index contributed by atoms with van der Waals surface area (Å²) in [6.07, 6.45) is 0.942. The molecule has 4 N–H and O–H groups in total. The molecule has 0 aliphatic carbocycles. The lowest BCUT2D eigenvalue weighted by atomic mass is 10.1. The van der Waals surface area contributed by atoms with E-state index in [0.29, 0.717) is 0 Å². The van der Waals surface area contributed by atoms with Crippen LogP contribution in [0.2, 0.25) is 10.2 Å². The lowest BCUT2D eigenvalue weighted by Crippen LogP contribution is -2.36. The molecule has 0 aliphatic heterocycles. The van der Waals surface area contributed by atoms with E-state index in [1.54, 1.807) is 0 Å². The fourth-order valence-corrected chi connectivity index (χ4v) is 1.33. The monoisotopic (exact) mass is 292 g/mol. The van der Waals surface area contributed by atoms with E-state index in [0.717, 1.165) is 6.33 Å². The summed E-state index contributed by atoms with van der Waals surface area (Å²) in [6.45, 7) is 0. The van der Waals surface area contributed by atoms with Gasteiger partial charge < -0.3 is 16.2 Å². The highest BCUT2D eigenvalue weighted by Crippen LogP contribution is 2.25. The van der Waals surface area contributed by atoms with Crippen molar-refractivity contribution in [3.8, 4) is 0 Å². The Morgan fingerprint density at radius 1 is 1.44 bits per heavy atom. The van der Waals surface area contributed by atoms with Crippen molar-refractivity contribution in [2.45, 2.75) is 18.9 Å². The Balaban J connectivity index is 2.64. The molecule has 0 spiro atoms. The standard InChI is InChI=1S/C9H10Cl2N4O3/c10-6-7(11)13-3-14-8(6)15-9(18)4(12)1-2-5(16)17/h3-4H,1-2,12H2,(H,16,17)(H,13,14,15,18). The number of carboxylic acid groups (broad SMARTS) is 1. The first-order chi connectivity index (χ1) is 8.41. The van der Waals surface area contributed by atoms with E-state index in [2.05, 4.69) is 15.3 Å². The predicted molar refractivity (Wildman–Crippen MR) is 65.5 cm³/mol. The van der Waals surface area contributed by atoms with Crippen LogP contribution in [0.1, 0.15) is 12.8 Å². The number of nitrogens with two attached hydrogens (primary N) is 1. The third-order valence-corrected chi connectivity index (χ3v) is 2.74. The molecule has 0 saturated carbocycles. The maximum absolute atomic E-state index is 11.6. The summed E-state index contributed by atoms with van der Waals surface area (Å²) in [5, 5.41) is 10.8. The van der Waals surface area contributed by atoms with Crippen molar-refractivity contribution in [3.63, 3.8) is 0 Å². The highest BCUT2D eigenvalue weighted by molar-refractivity contribution is 6.42. The molecule has 0 aliphatic rings. The molecule has 0 saturated heterocycles. The van der Waals surface area contributed by atoms with Crippen molar-refractivity contribution >= 4 is 40.9 Å². The highest BCUT2D eigenvalue weighted by Gasteiger charge is 2.17. The van der Waals surface area contributed by atoms with Crippen LogP contribution in [-0.2, 0) is 9.59 Å². The van der Waals surface area contributed by atoms with E-state index in [1.807, 2.05) is 0 Å². The minimum Gasteiger partial charge on any atom is -0.481 e. The van der Waals surface area contributed by atoms with Crippen LogP contribution in [0.15, 0.2) is 6.33 Å². The fourth-order valence-electron chi connectivity index (χ4n) is 1.05. The number of carbonyl (C=O) groups is 2. The maximum Gasteiger partial charge on any atom is 0.303 e. The predicted octanol–water partition coefficient (Wildman–Crippen LogP) is 0.914. The van der Waals surface area contributed by atoms with Gasteiger partial charge in [-0.2, -0.15) is 0 Å². The smallest absolute Gasteiger partial charge is 0.303 e. The largest absolute Gasteiger partial charge is 0.481 e. The molecule has 1 amide bonds. The lowest BCUT2D eigenvalue weighted by Gasteiger charge is -2.11. The van der Waals surface area contributed by atoms with Gasteiger partial charge in [0.1, 0.15) is 11.3 Å². The summed E-state index contributed by atoms with van der Waals surface area (Å²) in [6, 6.07) is -0.967. The molecule has 98 valence electrons. The molecule has 0 bridgehead atoms. The molecular weight excluding hydrogens is 283 g/mol. The number of halogens is 2. The second kappa shape index (κ2) is 6.48. The van der Waals surface area contributed by atoms with Crippen LogP contribution in [0, 0.1) is 0 Å². The number of carboxylic acids is 1. The fraction of sp³-hybridized carbons (Fsp3) is 0.333. The highest BCUT2D eigenvalue weighted by atomic mass is 35.5. The van der Waals surface area contributed by atoms with Gasteiger partial charge in [-0.1, -0.05) is 23.2 Å². The number of nitrogens with zero attached hydrogens (tertiary/aromatic N) is 2. The Morgan fingerprint density at radius 3 is 2.72 bits per heavy atom. The zero-order valence-corrected chi connectivity index (χ0v) is 10.6. The van der Waals surface area contributed by atoms with Gasteiger partial charge in [0.2, 0.25) is 5.91 Å². The number of amides is 1. The summed E-state index contributed by atoms with van der Waals surface area (Å²) < 4.78 is 0. The van der Waals surface area contributed by atoms with Gasteiger partial charge in [0, 0.05) is 6.42 Å². The zero-order valence-electron chi connectivity index (χ0n) is 9.06. The van der Waals surface area contributed by atoms with E-state index in [4.69, 9.17) is 34.0 Å². The first-order valence-corrected chi connectivity index (χ1v) is 5.61. The van der Waals surface area contributed by atoms with Crippen molar-refractivity contribution in [1.29, 1.82) is 0 Å². The van der Waals surface area contributed by atoms with Gasteiger partial charge >= 0.3 is 5.97 Å². The molecule has 1 rings (SSSR count). The number of rotatable bonds is 5. The average Bonchev–Trinajstić information content (AvgIpc) is 2.31. The topological polar surface area (TPSA) is 118 Å². The van der Waals surface area contributed by atoms with Crippen LogP contribution in [-0.4, -0.2) is 33.0 Å². The summed E-state index contributed by atoms with van der Waals surface area (Å²) in [4.78, 5) is 29.3. The normalized spacial score (nSPS) is 11.9. The van der Waals surface area contributed by atoms with E-state index < -0.39 is 17.9 Å². The molecule has 0 radical (unpaired) electrons. The Labute approximate surface area is 112 Å². The number of hydrogen-bond donors (Lipinski definition) is 3. The van der Waals surface area contributed by atoms with Gasteiger partial charge in [-0.05, 0) is 6.42 Å². The van der Waals surface area contributed by atoms with E-state index >= 15 is 0 Å². The maximum atomic E-state index is 11.6. The number of carbonyl (C=O) groups excluding carboxylic acids is 1. The summed E-state index contributed by atoms with van der Waals surface area (Å²) in [7, 11) is 0. The second-order valence-corrected chi connectivity index (χ2v) is 4.09. The summed E-state index contributed by atoms with van der Waals surface area (Å²) in [5.41, 5.74) is 5.51. The molecule has 0 fully saturated rings. The van der Waals surface area contributed by atoms with Gasteiger partial charge in [-0.3, -0.25) is 9.59 Å². The third-order valence-electron chi connectivity index (χ3n) is 1.99. The van der Waals surface area contributed by atoms with Gasteiger partial charge in [0.25, 0.3) is 0 Å². The van der Waals surface area contributed by atoms with Crippen LogP contribution in [0.25, 0.3) is 0 Å². The van der Waals surface area contributed by atoms with E-state index in [9.17, 15) is 9.59 Å². The van der Waals surface area contributed by atoms with E-state index in [-0.39, 0.29) is 28.8 Å². The molecule has 0 aromatic carbocycles. The molecule has 1 aromatic heterocycles. The Morgan fingerprint density at radius 2 is 2.11 bits per heavy atom. The molecule has 18 heavy (non-hydrogen) atoms. The third kappa shape index (κ3) is 4.10. The lowest BCUT2D eigenvalue weighted by molar-refractivity contribution is -0.137. The Hall–Kier alpha value is -1.44. The van der Waals surface area contributed by atoms with Crippen LogP contribution in [0.4, 0.5) is 5.82 Å². The van der Waals surface area contributed by atoms with Gasteiger partial charge in [-0.25, -0.2) is 9.97 Å². The summed E-state index contributed by atoms with van der Waals surface area (Å²) in [5.74, 6) is -1.58. The molecule has 1 atom stereocenters. The molecule has 1 aromatic rings. The molecule has 7 nitrogen and oxygen atoms in total. The first kappa shape index (κ1) is 14.6.